The van der Waals surface area contributed by atoms with Crippen LogP contribution in [0.2, 0.25) is 0 Å². The molecular formula is C28H34N2O2. The molecule has 1 N–H and O–H groups in total. The average Bonchev–Trinajstić information content (AvgIpc) is 2.86. The Balaban J connectivity index is 1.30. The lowest BCUT2D eigenvalue weighted by molar-refractivity contribution is 0.0401. The molecule has 1 fully saturated rings. The number of rotatable bonds is 9. The molecule has 0 bridgehead atoms. The lowest BCUT2D eigenvalue weighted by Crippen LogP contribution is -2.50. The summed E-state index contributed by atoms with van der Waals surface area (Å²) in [5, 5.41) is 10.5. The van der Waals surface area contributed by atoms with Crippen LogP contribution in [0.3, 0.4) is 0 Å². The molecule has 1 saturated heterocycles. The molecule has 0 saturated carbocycles. The highest BCUT2D eigenvalue weighted by molar-refractivity contribution is 5.32. The third kappa shape index (κ3) is 5.98. The fourth-order valence-corrected chi connectivity index (χ4v) is 4.45. The molecule has 1 aliphatic heterocycles. The van der Waals surface area contributed by atoms with Crippen LogP contribution in [0.4, 0.5) is 0 Å². The van der Waals surface area contributed by atoms with Gasteiger partial charge in [0.1, 0.15) is 18.5 Å². The second-order valence-electron chi connectivity index (χ2n) is 8.52. The Morgan fingerprint density at radius 3 is 1.88 bits per heavy atom. The summed E-state index contributed by atoms with van der Waals surface area (Å²) >= 11 is 0. The van der Waals surface area contributed by atoms with Gasteiger partial charge in [0, 0.05) is 32.7 Å². The zero-order chi connectivity index (χ0) is 22.2. The summed E-state index contributed by atoms with van der Waals surface area (Å²) in [6, 6.07) is 29.9. The van der Waals surface area contributed by atoms with Crippen LogP contribution in [-0.4, -0.2) is 60.3 Å². The molecule has 0 amide bonds. The Hall–Kier alpha value is -2.66. The number of aliphatic hydroxyl groups excluding tert-OH is 1. The maximum atomic E-state index is 10.5. The minimum absolute atomic E-state index is 0.263. The first kappa shape index (κ1) is 22.5. The SMILES string of the molecule is CCc1ccc(OC[C@H](O)CN2CCN(C(c3ccccc3)c3ccccc3)CC2)cc1. The molecule has 168 valence electrons. The average molecular weight is 431 g/mol. The van der Waals surface area contributed by atoms with Gasteiger partial charge in [-0.15, -0.1) is 0 Å². The lowest BCUT2D eigenvalue weighted by atomic mass is 9.96. The van der Waals surface area contributed by atoms with E-state index in [0.717, 1.165) is 38.3 Å². The monoisotopic (exact) mass is 430 g/mol. The van der Waals surface area contributed by atoms with Gasteiger partial charge >= 0.3 is 0 Å². The van der Waals surface area contributed by atoms with E-state index in [9.17, 15) is 5.11 Å². The predicted molar refractivity (Wildman–Crippen MR) is 130 cm³/mol. The standard InChI is InChI=1S/C28H34N2O2/c1-2-23-13-15-27(16-14-23)32-22-26(31)21-29-17-19-30(20-18-29)28(24-9-5-3-6-10-24)25-11-7-4-8-12-25/h3-16,26,28,31H,2,17-22H2,1H3/t26-/m1/s1. The van der Waals surface area contributed by atoms with Crippen molar-refractivity contribution in [3.05, 3.63) is 102 Å². The number of aliphatic hydroxyl groups is 1. The highest BCUT2D eigenvalue weighted by atomic mass is 16.5. The first-order valence-corrected chi connectivity index (χ1v) is 11.7. The summed E-state index contributed by atoms with van der Waals surface area (Å²) < 4.78 is 5.80. The van der Waals surface area contributed by atoms with Crippen molar-refractivity contribution in [3.8, 4) is 5.75 Å². The van der Waals surface area contributed by atoms with Crippen LogP contribution in [0.5, 0.6) is 5.75 Å². The number of aryl methyl sites for hydroxylation is 1. The van der Waals surface area contributed by atoms with Crippen LogP contribution < -0.4 is 4.74 Å². The molecule has 3 aromatic rings. The van der Waals surface area contributed by atoms with Gasteiger partial charge in [-0.05, 0) is 35.2 Å². The van der Waals surface area contributed by atoms with Crippen LogP contribution in [0, 0.1) is 0 Å². The van der Waals surface area contributed by atoms with Crippen LogP contribution in [0.25, 0.3) is 0 Å². The summed E-state index contributed by atoms with van der Waals surface area (Å²) in [4.78, 5) is 4.90. The number of nitrogens with zero attached hydrogens (tertiary/aromatic N) is 2. The van der Waals surface area contributed by atoms with Crippen molar-refractivity contribution < 1.29 is 9.84 Å². The van der Waals surface area contributed by atoms with Crippen LogP contribution in [-0.2, 0) is 6.42 Å². The van der Waals surface area contributed by atoms with Crippen LogP contribution >= 0.6 is 0 Å². The van der Waals surface area contributed by atoms with Gasteiger partial charge in [0.25, 0.3) is 0 Å². The van der Waals surface area contributed by atoms with E-state index in [4.69, 9.17) is 4.74 Å². The van der Waals surface area contributed by atoms with E-state index < -0.39 is 6.10 Å². The molecule has 1 atom stereocenters. The molecule has 0 aromatic heterocycles. The fraction of sp³-hybridized carbons (Fsp3) is 0.357. The van der Waals surface area contributed by atoms with Gasteiger partial charge in [0.15, 0.2) is 0 Å². The van der Waals surface area contributed by atoms with Gasteiger partial charge in [-0.3, -0.25) is 9.80 Å². The third-order valence-electron chi connectivity index (χ3n) is 6.25. The molecule has 1 heterocycles. The zero-order valence-corrected chi connectivity index (χ0v) is 18.9. The number of hydrogen-bond acceptors (Lipinski definition) is 4. The Morgan fingerprint density at radius 2 is 1.34 bits per heavy atom. The molecular weight excluding hydrogens is 396 g/mol. The van der Waals surface area contributed by atoms with Crippen molar-refractivity contribution in [3.63, 3.8) is 0 Å². The van der Waals surface area contributed by atoms with Crippen LogP contribution in [0.15, 0.2) is 84.9 Å². The second kappa shape index (κ2) is 11.3. The summed E-state index contributed by atoms with van der Waals surface area (Å²) in [6.07, 6.45) is 0.524. The lowest BCUT2D eigenvalue weighted by Gasteiger charge is -2.40. The van der Waals surface area contributed by atoms with Crippen molar-refractivity contribution in [1.82, 2.24) is 9.80 Å². The maximum absolute atomic E-state index is 10.5. The molecule has 32 heavy (non-hydrogen) atoms. The van der Waals surface area contributed by atoms with Crippen molar-refractivity contribution >= 4 is 0 Å². The van der Waals surface area contributed by atoms with Crippen molar-refractivity contribution in [2.75, 3.05) is 39.3 Å². The van der Waals surface area contributed by atoms with Crippen LogP contribution in [0.1, 0.15) is 29.7 Å². The number of piperazine rings is 1. The Morgan fingerprint density at radius 1 is 0.781 bits per heavy atom. The first-order chi connectivity index (χ1) is 15.7. The van der Waals surface area contributed by atoms with Gasteiger partial charge in [0.2, 0.25) is 0 Å². The van der Waals surface area contributed by atoms with E-state index in [1.54, 1.807) is 0 Å². The normalized spacial score (nSPS) is 16.2. The summed E-state index contributed by atoms with van der Waals surface area (Å²) in [6.45, 7) is 6.93. The highest BCUT2D eigenvalue weighted by Crippen LogP contribution is 2.29. The molecule has 0 radical (unpaired) electrons. The summed E-state index contributed by atoms with van der Waals surface area (Å²) in [5.41, 5.74) is 3.95. The molecule has 0 spiro atoms. The smallest absolute Gasteiger partial charge is 0.119 e. The molecule has 3 aromatic carbocycles. The number of β-amino-alcohol motifs (C(OH)–C–C–N with tert-alkyl or cyclic N) is 1. The Kier molecular flexibility index (Phi) is 7.94. The van der Waals surface area contributed by atoms with Gasteiger partial charge in [-0.1, -0.05) is 79.7 Å². The molecule has 4 nitrogen and oxygen atoms in total. The fourth-order valence-electron chi connectivity index (χ4n) is 4.45. The van der Waals surface area contributed by atoms with Gasteiger partial charge in [-0.2, -0.15) is 0 Å². The zero-order valence-electron chi connectivity index (χ0n) is 18.9. The predicted octanol–water partition coefficient (Wildman–Crippen LogP) is 4.40. The first-order valence-electron chi connectivity index (χ1n) is 11.7. The third-order valence-corrected chi connectivity index (χ3v) is 6.25. The van der Waals surface area contributed by atoms with E-state index in [0.29, 0.717) is 13.2 Å². The van der Waals surface area contributed by atoms with Crippen molar-refractivity contribution in [2.24, 2.45) is 0 Å². The van der Waals surface area contributed by atoms with Gasteiger partial charge < -0.3 is 9.84 Å². The quantitative estimate of drug-likeness (QED) is 0.546. The molecule has 0 unspecified atom stereocenters. The maximum Gasteiger partial charge on any atom is 0.119 e. The number of benzene rings is 3. The highest BCUT2D eigenvalue weighted by Gasteiger charge is 2.27. The second-order valence-corrected chi connectivity index (χ2v) is 8.52. The van der Waals surface area contributed by atoms with Gasteiger partial charge in [0.05, 0.1) is 6.04 Å². The summed E-state index contributed by atoms with van der Waals surface area (Å²) in [5.74, 6) is 0.819. The van der Waals surface area contributed by atoms with Gasteiger partial charge in [-0.25, -0.2) is 0 Å². The van der Waals surface area contributed by atoms with Crippen molar-refractivity contribution in [2.45, 2.75) is 25.5 Å². The minimum Gasteiger partial charge on any atom is -0.491 e. The van der Waals surface area contributed by atoms with Crippen molar-refractivity contribution in [1.29, 1.82) is 0 Å². The summed E-state index contributed by atoms with van der Waals surface area (Å²) in [7, 11) is 0. The topological polar surface area (TPSA) is 35.9 Å². The Labute approximate surface area is 192 Å². The minimum atomic E-state index is -0.494. The molecule has 4 heteroatoms. The largest absolute Gasteiger partial charge is 0.491 e. The van der Waals surface area contributed by atoms with E-state index in [-0.39, 0.29) is 6.04 Å². The molecule has 1 aliphatic rings. The number of ether oxygens (including phenoxy) is 1. The molecule has 4 rings (SSSR count). The van der Waals surface area contributed by atoms with E-state index in [1.807, 2.05) is 12.1 Å². The Bertz CT molecular complexity index is 883. The van der Waals surface area contributed by atoms with E-state index >= 15 is 0 Å². The van der Waals surface area contributed by atoms with E-state index in [2.05, 4.69) is 89.5 Å². The number of hydrogen-bond donors (Lipinski definition) is 1. The van der Waals surface area contributed by atoms with E-state index in [1.165, 1.54) is 16.7 Å². The molecule has 0 aliphatic carbocycles.